The van der Waals surface area contributed by atoms with Crippen molar-refractivity contribution in [3.8, 4) is 6.07 Å². The van der Waals surface area contributed by atoms with Gasteiger partial charge in [0.1, 0.15) is 0 Å². The van der Waals surface area contributed by atoms with Gasteiger partial charge in [-0.05, 0) is 30.5 Å². The summed E-state index contributed by atoms with van der Waals surface area (Å²) in [6, 6.07) is 10.0. The van der Waals surface area contributed by atoms with Gasteiger partial charge in [0.15, 0.2) is 0 Å². The molecule has 0 aromatic heterocycles. The first-order chi connectivity index (χ1) is 11.3. The van der Waals surface area contributed by atoms with E-state index in [-0.39, 0.29) is 0 Å². The summed E-state index contributed by atoms with van der Waals surface area (Å²) >= 11 is 0. The summed E-state index contributed by atoms with van der Waals surface area (Å²) in [5.74, 6) is 0. The van der Waals surface area contributed by atoms with Crippen LogP contribution in [0.3, 0.4) is 0 Å². The lowest BCUT2D eigenvalue weighted by Gasteiger charge is -2.23. The van der Waals surface area contributed by atoms with Crippen LogP contribution in [0.15, 0.2) is 36.9 Å². The molecule has 3 nitrogen and oxygen atoms in total. The van der Waals surface area contributed by atoms with Crippen molar-refractivity contribution < 1.29 is 4.74 Å². The van der Waals surface area contributed by atoms with Crippen LogP contribution in [-0.2, 0) is 11.3 Å². The van der Waals surface area contributed by atoms with Crippen LogP contribution >= 0.6 is 0 Å². The fourth-order valence-corrected chi connectivity index (χ4v) is 3.17. The van der Waals surface area contributed by atoms with Gasteiger partial charge in [-0.25, -0.2) is 0 Å². The van der Waals surface area contributed by atoms with Crippen molar-refractivity contribution in [1.29, 1.82) is 5.26 Å². The van der Waals surface area contributed by atoms with Gasteiger partial charge < -0.3 is 4.74 Å². The molecule has 1 aliphatic carbocycles. The van der Waals surface area contributed by atoms with E-state index in [4.69, 9.17) is 10.00 Å². The van der Waals surface area contributed by atoms with Crippen LogP contribution < -0.4 is 0 Å². The molecule has 0 spiro atoms. The van der Waals surface area contributed by atoms with Gasteiger partial charge in [-0.1, -0.05) is 43.9 Å². The second-order valence-electron chi connectivity index (χ2n) is 6.32. The normalized spacial score (nSPS) is 16.0. The van der Waals surface area contributed by atoms with Gasteiger partial charge in [0.2, 0.25) is 0 Å². The zero-order valence-corrected chi connectivity index (χ0v) is 14.0. The van der Waals surface area contributed by atoms with Gasteiger partial charge in [-0.15, -0.1) is 6.58 Å². The predicted octanol–water partition coefficient (Wildman–Crippen LogP) is 4.29. The van der Waals surface area contributed by atoms with Crippen molar-refractivity contribution >= 4 is 0 Å². The molecule has 1 fully saturated rings. The molecule has 0 unspecified atom stereocenters. The molecule has 1 aromatic rings. The Morgan fingerprint density at radius 1 is 1.26 bits per heavy atom. The number of benzene rings is 1. The third kappa shape index (κ3) is 6.56. The van der Waals surface area contributed by atoms with E-state index < -0.39 is 0 Å². The highest BCUT2D eigenvalue weighted by molar-refractivity contribution is 5.32. The Labute approximate surface area is 140 Å². The van der Waals surface area contributed by atoms with Gasteiger partial charge >= 0.3 is 0 Å². The molecule has 23 heavy (non-hydrogen) atoms. The molecule has 124 valence electrons. The quantitative estimate of drug-likeness (QED) is 0.531. The van der Waals surface area contributed by atoms with Gasteiger partial charge in [-0.2, -0.15) is 5.26 Å². The first kappa shape index (κ1) is 17.7. The third-order valence-electron chi connectivity index (χ3n) is 4.41. The fraction of sp³-hybridized carbons (Fsp3) is 0.550. The Kier molecular flexibility index (Phi) is 7.86. The molecular weight excluding hydrogens is 284 g/mol. The van der Waals surface area contributed by atoms with Crippen LogP contribution in [0, 0.1) is 11.3 Å². The van der Waals surface area contributed by atoms with Crippen LogP contribution in [0.2, 0.25) is 0 Å². The Morgan fingerprint density at radius 3 is 2.74 bits per heavy atom. The number of hydrogen-bond acceptors (Lipinski definition) is 3. The molecule has 0 aliphatic heterocycles. The number of nitriles is 1. The van der Waals surface area contributed by atoms with E-state index in [1.165, 1.54) is 44.1 Å². The van der Waals surface area contributed by atoms with Gasteiger partial charge in [-0.3, -0.25) is 4.90 Å². The number of rotatable bonds is 8. The van der Waals surface area contributed by atoms with E-state index in [2.05, 4.69) is 23.6 Å². The Hall–Kier alpha value is -1.63. The maximum absolute atomic E-state index is 9.01. The van der Waals surface area contributed by atoms with Gasteiger partial charge in [0.25, 0.3) is 0 Å². The molecule has 0 atom stereocenters. The summed E-state index contributed by atoms with van der Waals surface area (Å²) in [4.78, 5) is 2.32. The van der Waals surface area contributed by atoms with Gasteiger partial charge in [0, 0.05) is 19.6 Å². The summed E-state index contributed by atoms with van der Waals surface area (Å²) in [5.41, 5.74) is 1.89. The SMILES string of the molecule is C=CCN(CCOC1CCCCCC1)Cc1cccc(C#N)c1. The summed E-state index contributed by atoms with van der Waals surface area (Å²) in [7, 11) is 0. The maximum Gasteiger partial charge on any atom is 0.0991 e. The summed E-state index contributed by atoms with van der Waals surface area (Å²) < 4.78 is 6.09. The lowest BCUT2D eigenvalue weighted by Crippen LogP contribution is -2.29. The van der Waals surface area contributed by atoms with Crippen LogP contribution in [0.25, 0.3) is 0 Å². The van der Waals surface area contributed by atoms with Crippen molar-refractivity contribution in [3.63, 3.8) is 0 Å². The summed E-state index contributed by atoms with van der Waals surface area (Å²) in [5, 5.41) is 9.01. The highest BCUT2D eigenvalue weighted by atomic mass is 16.5. The Morgan fingerprint density at radius 2 is 2.04 bits per heavy atom. The van der Waals surface area contributed by atoms with Crippen LogP contribution in [-0.4, -0.2) is 30.7 Å². The first-order valence-electron chi connectivity index (χ1n) is 8.75. The Bertz CT molecular complexity index is 513. The molecule has 1 saturated carbocycles. The number of hydrogen-bond donors (Lipinski definition) is 0. The zero-order valence-electron chi connectivity index (χ0n) is 14.0. The average Bonchev–Trinajstić information content (AvgIpc) is 2.84. The fourth-order valence-electron chi connectivity index (χ4n) is 3.17. The maximum atomic E-state index is 9.01. The second kappa shape index (κ2) is 10.2. The van der Waals surface area contributed by atoms with E-state index in [0.717, 1.165) is 31.8 Å². The smallest absolute Gasteiger partial charge is 0.0991 e. The minimum atomic E-state index is 0.449. The van der Waals surface area contributed by atoms with Gasteiger partial charge in [0.05, 0.1) is 24.3 Å². The van der Waals surface area contributed by atoms with Crippen molar-refractivity contribution in [2.24, 2.45) is 0 Å². The first-order valence-corrected chi connectivity index (χ1v) is 8.75. The standard InChI is InChI=1S/C20H28N2O/c1-2-12-22(17-19-9-7-8-18(15-19)16-21)13-14-23-20-10-5-3-4-6-11-20/h2,7-9,15,20H,1,3-6,10-14,17H2. The summed E-state index contributed by atoms with van der Waals surface area (Å²) in [6.45, 7) is 7.19. The largest absolute Gasteiger partial charge is 0.377 e. The molecular formula is C20H28N2O. The molecule has 0 saturated heterocycles. The molecule has 1 aliphatic rings. The summed E-state index contributed by atoms with van der Waals surface area (Å²) in [6.07, 6.45) is 10.1. The molecule has 0 radical (unpaired) electrons. The molecule has 3 heteroatoms. The molecule has 0 bridgehead atoms. The van der Waals surface area contributed by atoms with E-state index in [0.29, 0.717) is 6.10 Å². The lowest BCUT2D eigenvalue weighted by atomic mass is 10.1. The van der Waals surface area contributed by atoms with Crippen molar-refractivity contribution in [2.75, 3.05) is 19.7 Å². The average molecular weight is 312 g/mol. The monoisotopic (exact) mass is 312 g/mol. The minimum Gasteiger partial charge on any atom is -0.377 e. The van der Waals surface area contributed by atoms with E-state index in [9.17, 15) is 0 Å². The number of nitrogens with zero attached hydrogens (tertiary/aromatic N) is 2. The van der Waals surface area contributed by atoms with E-state index in [1.54, 1.807) is 0 Å². The van der Waals surface area contributed by atoms with Crippen molar-refractivity contribution in [3.05, 3.63) is 48.0 Å². The number of ether oxygens (including phenoxy) is 1. The highest BCUT2D eigenvalue weighted by Gasteiger charge is 2.13. The molecule has 2 rings (SSSR count). The van der Waals surface area contributed by atoms with Crippen LogP contribution in [0.4, 0.5) is 0 Å². The van der Waals surface area contributed by atoms with Crippen LogP contribution in [0.5, 0.6) is 0 Å². The predicted molar refractivity (Wildman–Crippen MR) is 94.1 cm³/mol. The van der Waals surface area contributed by atoms with Crippen molar-refractivity contribution in [2.45, 2.75) is 51.2 Å². The zero-order chi connectivity index (χ0) is 16.3. The minimum absolute atomic E-state index is 0.449. The van der Waals surface area contributed by atoms with Crippen LogP contribution in [0.1, 0.15) is 49.7 Å². The second-order valence-corrected chi connectivity index (χ2v) is 6.32. The van der Waals surface area contributed by atoms with E-state index >= 15 is 0 Å². The molecule has 0 heterocycles. The lowest BCUT2D eigenvalue weighted by molar-refractivity contribution is 0.0294. The molecule has 0 amide bonds. The topological polar surface area (TPSA) is 36.3 Å². The highest BCUT2D eigenvalue weighted by Crippen LogP contribution is 2.19. The molecule has 0 N–H and O–H groups in total. The third-order valence-corrected chi connectivity index (χ3v) is 4.41. The Balaban J connectivity index is 1.80. The molecule has 1 aromatic carbocycles. The van der Waals surface area contributed by atoms with Crippen molar-refractivity contribution in [1.82, 2.24) is 4.90 Å². The van der Waals surface area contributed by atoms with E-state index in [1.807, 2.05) is 24.3 Å².